The van der Waals surface area contributed by atoms with Gasteiger partial charge >= 0.3 is 5.69 Å². The number of hydrogen-bond acceptors (Lipinski definition) is 7. The molecule has 0 aliphatic carbocycles. The minimum atomic E-state index is -1.19. The van der Waals surface area contributed by atoms with E-state index in [2.05, 4.69) is 4.98 Å². The third kappa shape index (κ3) is 2.21. The third-order valence-corrected chi connectivity index (χ3v) is 4.58. The lowest BCUT2D eigenvalue weighted by Crippen LogP contribution is -2.36. The summed E-state index contributed by atoms with van der Waals surface area (Å²) in [6, 6.07) is 0. The van der Waals surface area contributed by atoms with Crippen LogP contribution >= 0.6 is 23.4 Å². The topological polar surface area (TPSA) is 122 Å². The van der Waals surface area contributed by atoms with Crippen molar-refractivity contribution in [2.24, 2.45) is 0 Å². The number of aliphatic hydroxyl groups excluding tert-OH is 3. The van der Waals surface area contributed by atoms with Crippen molar-refractivity contribution in [3.05, 3.63) is 21.7 Å². The van der Waals surface area contributed by atoms with Gasteiger partial charge in [-0.15, -0.1) is 11.8 Å². The molecule has 0 radical (unpaired) electrons. The molecule has 4 atom stereocenters. The Morgan fingerprint density at radius 2 is 2.17 bits per heavy atom. The minimum Gasteiger partial charge on any atom is -0.395 e. The van der Waals surface area contributed by atoms with Gasteiger partial charge in [-0.3, -0.25) is 4.57 Å². The Morgan fingerprint density at radius 3 is 2.72 bits per heavy atom. The largest absolute Gasteiger partial charge is 0.395 e. The number of aromatic nitrogens is 2. The highest BCUT2D eigenvalue weighted by atomic mass is 35.5. The first kappa shape index (κ1) is 13.6. The molecule has 0 aromatic carbocycles. The molecule has 0 saturated carbocycles. The lowest BCUT2D eigenvalue weighted by Gasteiger charge is -2.17. The predicted molar refractivity (Wildman–Crippen MR) is 67.4 cm³/mol. The van der Waals surface area contributed by atoms with Crippen LogP contribution in [0.5, 0.6) is 0 Å². The number of aliphatic hydroxyl groups is 3. The second-order valence-corrected chi connectivity index (χ2v) is 5.66. The van der Waals surface area contributed by atoms with E-state index in [1.165, 1.54) is 6.20 Å². The summed E-state index contributed by atoms with van der Waals surface area (Å²) in [4.78, 5) is 15.2. The summed E-state index contributed by atoms with van der Waals surface area (Å²) in [5, 5.41) is 27.3. The maximum atomic E-state index is 11.7. The Kier molecular flexibility index (Phi) is 3.83. The number of halogens is 1. The summed E-state index contributed by atoms with van der Waals surface area (Å²) in [5.74, 6) is -0.0883. The van der Waals surface area contributed by atoms with Gasteiger partial charge in [0.2, 0.25) is 0 Å². The molecule has 2 unspecified atom stereocenters. The smallest absolute Gasteiger partial charge is 0.350 e. The second-order valence-electron chi connectivity index (χ2n) is 3.89. The van der Waals surface area contributed by atoms with E-state index in [0.29, 0.717) is 0 Å². The maximum absolute atomic E-state index is 11.7. The fourth-order valence-electron chi connectivity index (χ4n) is 1.75. The Bertz CT molecular complexity index is 511. The van der Waals surface area contributed by atoms with Gasteiger partial charge in [-0.25, -0.2) is 4.79 Å². The first-order valence-corrected chi connectivity index (χ1v) is 6.44. The molecule has 100 valence electrons. The zero-order chi connectivity index (χ0) is 13.4. The van der Waals surface area contributed by atoms with Crippen LogP contribution in [0.3, 0.4) is 0 Å². The van der Waals surface area contributed by atoms with E-state index in [1.54, 1.807) is 0 Å². The molecule has 18 heavy (non-hydrogen) atoms. The fourth-order valence-corrected chi connectivity index (χ4v) is 3.27. The molecule has 2 rings (SSSR count). The molecule has 1 aliphatic rings. The van der Waals surface area contributed by atoms with Gasteiger partial charge in [-0.1, -0.05) is 11.6 Å². The average molecular weight is 294 g/mol. The molecule has 5 N–H and O–H groups in total. The lowest BCUT2D eigenvalue weighted by atomic mass is 10.1. The maximum Gasteiger partial charge on any atom is 0.350 e. The van der Waals surface area contributed by atoms with E-state index in [9.17, 15) is 15.0 Å². The van der Waals surface area contributed by atoms with E-state index in [-0.39, 0.29) is 17.4 Å². The molecule has 1 aliphatic heterocycles. The number of rotatable bonds is 2. The highest BCUT2D eigenvalue weighted by molar-refractivity contribution is 8.00. The van der Waals surface area contributed by atoms with Crippen molar-refractivity contribution in [2.45, 2.75) is 22.8 Å². The molecular weight excluding hydrogens is 282 g/mol. The number of thioether (sulfide) groups is 1. The quantitative estimate of drug-likeness (QED) is 0.541. The molecule has 0 bridgehead atoms. The molecule has 1 fully saturated rings. The molecule has 1 aromatic rings. The monoisotopic (exact) mass is 293 g/mol. The number of nitrogen functional groups attached to an aromatic ring is 1. The van der Waals surface area contributed by atoms with Crippen LogP contribution in [0.4, 0.5) is 5.82 Å². The highest BCUT2D eigenvalue weighted by Gasteiger charge is 2.43. The van der Waals surface area contributed by atoms with Crippen molar-refractivity contribution < 1.29 is 15.3 Å². The molecule has 1 saturated heterocycles. The summed E-state index contributed by atoms with van der Waals surface area (Å²) in [6.07, 6.45) is -1.04. The van der Waals surface area contributed by atoms with Crippen molar-refractivity contribution >= 4 is 29.2 Å². The van der Waals surface area contributed by atoms with Gasteiger partial charge in [0.05, 0.1) is 23.0 Å². The zero-order valence-electron chi connectivity index (χ0n) is 9.10. The number of nitrogens with two attached hydrogens (primary N) is 1. The lowest BCUT2D eigenvalue weighted by molar-refractivity contribution is 0.0101. The van der Waals surface area contributed by atoms with Crippen LogP contribution in [0.2, 0.25) is 5.02 Å². The second kappa shape index (κ2) is 5.06. The van der Waals surface area contributed by atoms with E-state index >= 15 is 0 Å². The SMILES string of the molecule is Nc1nc(=O)n([C@@H]2S[C@H](CO)C(O)C2O)cc1Cl. The van der Waals surface area contributed by atoms with E-state index < -0.39 is 28.5 Å². The normalized spacial score (nSPS) is 31.8. The van der Waals surface area contributed by atoms with Crippen LogP contribution < -0.4 is 11.4 Å². The van der Waals surface area contributed by atoms with E-state index in [0.717, 1.165) is 16.3 Å². The Labute approximate surface area is 111 Å². The summed E-state index contributed by atoms with van der Waals surface area (Å²) < 4.78 is 1.10. The van der Waals surface area contributed by atoms with Crippen molar-refractivity contribution in [3.8, 4) is 0 Å². The van der Waals surface area contributed by atoms with Gasteiger partial charge in [-0.05, 0) is 0 Å². The third-order valence-electron chi connectivity index (χ3n) is 2.73. The van der Waals surface area contributed by atoms with Gasteiger partial charge in [0, 0.05) is 6.20 Å². The average Bonchev–Trinajstić information content (AvgIpc) is 2.61. The number of anilines is 1. The molecule has 1 aromatic heterocycles. The minimum absolute atomic E-state index is 0.0874. The summed E-state index contributed by atoms with van der Waals surface area (Å²) in [7, 11) is 0. The molecule has 9 heteroatoms. The number of hydrogen-bond donors (Lipinski definition) is 4. The van der Waals surface area contributed by atoms with Gasteiger partial charge < -0.3 is 21.1 Å². The van der Waals surface area contributed by atoms with Crippen molar-refractivity contribution in [1.29, 1.82) is 0 Å². The van der Waals surface area contributed by atoms with Gasteiger partial charge in [0.15, 0.2) is 0 Å². The number of nitrogens with zero attached hydrogens (tertiary/aromatic N) is 2. The van der Waals surface area contributed by atoms with Crippen LogP contribution in [-0.2, 0) is 0 Å². The van der Waals surface area contributed by atoms with Gasteiger partial charge in [-0.2, -0.15) is 4.98 Å². The first-order chi connectivity index (χ1) is 8.45. The highest BCUT2D eigenvalue weighted by Crippen LogP contribution is 2.41. The molecule has 0 amide bonds. The molecular formula is C9H12ClN3O4S. The molecule has 0 spiro atoms. The first-order valence-electron chi connectivity index (χ1n) is 5.12. The van der Waals surface area contributed by atoms with Crippen molar-refractivity contribution in [3.63, 3.8) is 0 Å². The van der Waals surface area contributed by atoms with Gasteiger partial charge in [0.1, 0.15) is 17.3 Å². The van der Waals surface area contributed by atoms with E-state index in [4.69, 9.17) is 22.4 Å². The Balaban J connectivity index is 2.39. The van der Waals surface area contributed by atoms with E-state index in [1.807, 2.05) is 0 Å². The van der Waals surface area contributed by atoms with Gasteiger partial charge in [0.25, 0.3) is 0 Å². The predicted octanol–water partition coefficient (Wildman–Crippen LogP) is -1.19. The van der Waals surface area contributed by atoms with Crippen LogP contribution in [0, 0.1) is 0 Å². The Hall–Kier alpha value is -0.800. The molecule has 7 nitrogen and oxygen atoms in total. The summed E-state index contributed by atoms with van der Waals surface area (Å²) in [5.41, 5.74) is 4.72. The van der Waals surface area contributed by atoms with Crippen molar-refractivity contribution in [2.75, 3.05) is 12.3 Å². The summed E-state index contributed by atoms with van der Waals surface area (Å²) in [6.45, 7) is -0.301. The van der Waals surface area contributed by atoms with Crippen LogP contribution in [-0.4, -0.2) is 48.9 Å². The van der Waals surface area contributed by atoms with Crippen LogP contribution in [0.25, 0.3) is 0 Å². The van der Waals surface area contributed by atoms with Crippen LogP contribution in [0.15, 0.2) is 11.0 Å². The fraction of sp³-hybridized carbons (Fsp3) is 0.556. The molecule has 2 heterocycles. The van der Waals surface area contributed by atoms with Crippen molar-refractivity contribution in [1.82, 2.24) is 9.55 Å². The standard InChI is InChI=1S/C9H12ClN3O4S/c10-3-1-13(9(17)12-7(3)11)8-6(16)5(15)4(2-14)18-8/h1,4-6,8,14-16H,2H2,(H2,11,12,17)/t4-,5?,6?,8-/m1/s1. The zero-order valence-corrected chi connectivity index (χ0v) is 10.7. The van der Waals surface area contributed by atoms with Crippen LogP contribution in [0.1, 0.15) is 5.37 Å². The Morgan fingerprint density at radius 1 is 1.50 bits per heavy atom. The summed E-state index contributed by atoms with van der Waals surface area (Å²) >= 11 is 6.85.